The Bertz CT molecular complexity index is 567. The number of amides is 1. The number of hydrogen-bond acceptors (Lipinski definition) is 4. The van der Waals surface area contributed by atoms with Crippen LogP contribution in [0, 0.1) is 0 Å². The molecule has 122 valence electrons. The summed E-state index contributed by atoms with van der Waals surface area (Å²) in [4.78, 5) is 36.0. The highest BCUT2D eigenvalue weighted by molar-refractivity contribution is 5.77. The number of likely N-dealkylation sites (N-methyl/N-ethyl adjacent to an activating group) is 1. The van der Waals surface area contributed by atoms with E-state index in [-0.39, 0.29) is 31.2 Å². The van der Waals surface area contributed by atoms with E-state index in [4.69, 9.17) is 9.84 Å². The molecule has 0 atom stereocenters. The number of ether oxygens (including phenoxy) is 1. The third-order valence-electron chi connectivity index (χ3n) is 3.18. The van der Waals surface area contributed by atoms with Crippen molar-refractivity contribution in [1.82, 2.24) is 9.47 Å². The minimum atomic E-state index is -0.981. The minimum Gasteiger partial charge on any atom is -0.481 e. The molecule has 0 fully saturated rings. The van der Waals surface area contributed by atoms with Gasteiger partial charge in [0.2, 0.25) is 0 Å². The quantitative estimate of drug-likeness (QED) is 0.734. The molecule has 7 nitrogen and oxygen atoms in total. The zero-order valence-corrected chi connectivity index (χ0v) is 12.9. The van der Waals surface area contributed by atoms with E-state index in [2.05, 4.69) is 0 Å². The van der Waals surface area contributed by atoms with Crippen LogP contribution in [0.4, 0.5) is 0 Å². The molecule has 1 amide bonds. The van der Waals surface area contributed by atoms with Gasteiger partial charge in [-0.3, -0.25) is 14.4 Å². The molecule has 0 unspecified atom stereocenters. The van der Waals surface area contributed by atoms with Crippen LogP contribution in [-0.2, 0) is 16.1 Å². The van der Waals surface area contributed by atoms with Crippen LogP contribution in [0.1, 0.15) is 26.2 Å². The number of nitrogens with zero attached hydrogens (tertiary/aromatic N) is 2. The molecule has 1 N–H and O–H groups in total. The third-order valence-corrected chi connectivity index (χ3v) is 3.18. The zero-order valence-electron chi connectivity index (χ0n) is 12.9. The molecule has 1 rings (SSSR count). The van der Waals surface area contributed by atoms with Crippen molar-refractivity contribution in [2.45, 2.75) is 32.7 Å². The Hall–Kier alpha value is -2.31. The summed E-state index contributed by atoms with van der Waals surface area (Å²) >= 11 is 0. The highest BCUT2D eigenvalue weighted by atomic mass is 16.5. The van der Waals surface area contributed by atoms with Gasteiger partial charge in [-0.05, 0) is 18.6 Å². The van der Waals surface area contributed by atoms with Crippen LogP contribution in [0.5, 0.6) is 5.75 Å². The van der Waals surface area contributed by atoms with Gasteiger partial charge in [0, 0.05) is 26.3 Å². The maximum absolute atomic E-state index is 12.1. The van der Waals surface area contributed by atoms with Crippen LogP contribution in [0.3, 0.4) is 0 Å². The Morgan fingerprint density at radius 2 is 2.14 bits per heavy atom. The SMILES string of the molecule is CCCCN(C)C(=O)COc1cccn(CCC(=O)O)c1=O. The average Bonchev–Trinajstić information content (AvgIpc) is 2.49. The van der Waals surface area contributed by atoms with Crippen LogP contribution < -0.4 is 10.3 Å². The fraction of sp³-hybridized carbons (Fsp3) is 0.533. The van der Waals surface area contributed by atoms with E-state index in [1.165, 1.54) is 16.8 Å². The monoisotopic (exact) mass is 310 g/mol. The predicted molar refractivity (Wildman–Crippen MR) is 81.0 cm³/mol. The molecule has 7 heteroatoms. The number of carbonyl (C=O) groups is 2. The Morgan fingerprint density at radius 1 is 1.41 bits per heavy atom. The number of aliphatic carboxylic acids is 1. The molecule has 0 radical (unpaired) electrons. The van der Waals surface area contributed by atoms with Crippen LogP contribution in [0.2, 0.25) is 0 Å². The van der Waals surface area contributed by atoms with Gasteiger partial charge < -0.3 is 19.3 Å². The summed E-state index contributed by atoms with van der Waals surface area (Å²) in [7, 11) is 1.69. The van der Waals surface area contributed by atoms with E-state index < -0.39 is 11.5 Å². The number of carboxylic acid groups (broad SMARTS) is 1. The summed E-state index contributed by atoms with van der Waals surface area (Å²) in [5, 5.41) is 8.65. The van der Waals surface area contributed by atoms with E-state index in [1.807, 2.05) is 6.92 Å². The molecule has 0 bridgehead atoms. The summed E-state index contributed by atoms with van der Waals surface area (Å²) in [6, 6.07) is 3.06. The molecule has 0 aromatic carbocycles. The first-order valence-electron chi connectivity index (χ1n) is 7.23. The van der Waals surface area contributed by atoms with Gasteiger partial charge in [-0.2, -0.15) is 0 Å². The molecule has 1 aromatic heterocycles. The maximum atomic E-state index is 12.1. The Labute approximate surface area is 129 Å². The molecule has 0 aliphatic carbocycles. The summed E-state index contributed by atoms with van der Waals surface area (Å²) in [5.41, 5.74) is -0.437. The van der Waals surface area contributed by atoms with E-state index >= 15 is 0 Å². The highest BCUT2D eigenvalue weighted by Crippen LogP contribution is 2.03. The van der Waals surface area contributed by atoms with Crippen molar-refractivity contribution in [1.29, 1.82) is 0 Å². The third kappa shape index (κ3) is 5.59. The van der Waals surface area contributed by atoms with E-state index in [0.717, 1.165) is 12.8 Å². The Kier molecular flexibility index (Phi) is 7.15. The van der Waals surface area contributed by atoms with E-state index in [1.54, 1.807) is 18.0 Å². The summed E-state index contributed by atoms with van der Waals surface area (Å²) < 4.78 is 6.53. The topological polar surface area (TPSA) is 88.8 Å². The van der Waals surface area contributed by atoms with Crippen LogP contribution >= 0.6 is 0 Å². The minimum absolute atomic E-state index is 0.0464. The van der Waals surface area contributed by atoms with Gasteiger partial charge in [0.25, 0.3) is 11.5 Å². The van der Waals surface area contributed by atoms with Gasteiger partial charge in [-0.15, -0.1) is 0 Å². The maximum Gasteiger partial charge on any atom is 0.305 e. The number of aromatic nitrogens is 1. The lowest BCUT2D eigenvalue weighted by molar-refractivity contribution is -0.137. The first kappa shape index (κ1) is 17.7. The van der Waals surface area contributed by atoms with Gasteiger partial charge in [0.1, 0.15) is 0 Å². The standard InChI is InChI=1S/C15H22N2O5/c1-3-4-8-16(2)13(18)11-22-12-6-5-9-17(15(12)21)10-7-14(19)20/h5-6,9H,3-4,7-8,10-11H2,1-2H3,(H,19,20). The van der Waals surface area contributed by atoms with E-state index in [0.29, 0.717) is 6.54 Å². The molecule has 0 aliphatic heterocycles. The number of hydrogen-bond donors (Lipinski definition) is 1. The normalized spacial score (nSPS) is 10.3. The Morgan fingerprint density at radius 3 is 2.77 bits per heavy atom. The Balaban J connectivity index is 2.62. The predicted octanol–water partition coefficient (Wildman–Crippen LogP) is 0.960. The smallest absolute Gasteiger partial charge is 0.305 e. The first-order chi connectivity index (χ1) is 10.5. The van der Waals surface area contributed by atoms with Crippen molar-refractivity contribution in [3.05, 3.63) is 28.7 Å². The van der Waals surface area contributed by atoms with Crippen LogP contribution in [0.15, 0.2) is 23.1 Å². The highest BCUT2D eigenvalue weighted by Gasteiger charge is 2.11. The molecule has 0 saturated heterocycles. The summed E-state index contributed by atoms with van der Waals surface area (Å²) in [5.74, 6) is -1.13. The lowest BCUT2D eigenvalue weighted by Gasteiger charge is -2.17. The lowest BCUT2D eigenvalue weighted by Crippen LogP contribution is -2.33. The second-order valence-electron chi connectivity index (χ2n) is 4.97. The van der Waals surface area contributed by atoms with Crippen molar-refractivity contribution in [2.24, 2.45) is 0 Å². The largest absolute Gasteiger partial charge is 0.481 e. The molecule has 0 aliphatic rings. The number of pyridine rings is 1. The second-order valence-corrected chi connectivity index (χ2v) is 4.97. The molecular weight excluding hydrogens is 288 g/mol. The second kappa shape index (κ2) is 8.86. The van der Waals surface area contributed by atoms with Crippen molar-refractivity contribution < 1.29 is 19.4 Å². The van der Waals surface area contributed by atoms with Crippen LogP contribution in [-0.4, -0.2) is 46.6 Å². The average molecular weight is 310 g/mol. The van der Waals surface area contributed by atoms with Crippen molar-refractivity contribution in [3.8, 4) is 5.75 Å². The first-order valence-corrected chi connectivity index (χ1v) is 7.23. The van der Waals surface area contributed by atoms with Gasteiger partial charge in [0.15, 0.2) is 12.4 Å². The number of aryl methyl sites for hydroxylation is 1. The van der Waals surface area contributed by atoms with Gasteiger partial charge >= 0.3 is 5.97 Å². The van der Waals surface area contributed by atoms with Gasteiger partial charge in [-0.1, -0.05) is 13.3 Å². The molecule has 22 heavy (non-hydrogen) atoms. The number of rotatable bonds is 9. The van der Waals surface area contributed by atoms with Crippen molar-refractivity contribution in [3.63, 3.8) is 0 Å². The molecule has 1 heterocycles. The summed E-state index contributed by atoms with van der Waals surface area (Å²) in [6.07, 6.45) is 3.25. The van der Waals surface area contributed by atoms with E-state index in [9.17, 15) is 14.4 Å². The molecule has 0 saturated carbocycles. The molecular formula is C15H22N2O5. The number of unbranched alkanes of at least 4 members (excludes halogenated alkanes) is 1. The molecule has 1 aromatic rings. The van der Waals surface area contributed by atoms with Gasteiger partial charge in [-0.25, -0.2) is 0 Å². The molecule has 0 spiro atoms. The van der Waals surface area contributed by atoms with Crippen molar-refractivity contribution in [2.75, 3.05) is 20.2 Å². The summed E-state index contributed by atoms with van der Waals surface area (Å²) in [6.45, 7) is 2.54. The number of carboxylic acids is 1. The fourth-order valence-corrected chi connectivity index (χ4v) is 1.79. The lowest BCUT2D eigenvalue weighted by atomic mass is 10.3. The number of carbonyl (C=O) groups excluding carboxylic acids is 1. The van der Waals surface area contributed by atoms with Crippen molar-refractivity contribution >= 4 is 11.9 Å². The fourth-order valence-electron chi connectivity index (χ4n) is 1.79. The zero-order chi connectivity index (χ0) is 16.5. The van der Waals surface area contributed by atoms with Crippen LogP contribution in [0.25, 0.3) is 0 Å². The van der Waals surface area contributed by atoms with Gasteiger partial charge in [0.05, 0.1) is 6.42 Å².